The molecule has 6 nitrogen and oxygen atoms in total. The van der Waals surface area contributed by atoms with Gasteiger partial charge in [0, 0.05) is 17.7 Å². The Labute approximate surface area is 236 Å². The topological polar surface area (TPSA) is 52.7 Å². The molecule has 0 aromatic rings. The van der Waals surface area contributed by atoms with Gasteiger partial charge in [0.05, 0.1) is 20.6 Å². The van der Waals surface area contributed by atoms with Gasteiger partial charge in [-0.15, -0.1) is 0 Å². The van der Waals surface area contributed by atoms with E-state index in [0.717, 1.165) is 39.0 Å². The number of quaternary nitrogens is 1. The lowest BCUT2D eigenvalue weighted by molar-refractivity contribution is -0.990. The number of halogens is 1. The predicted molar refractivity (Wildman–Crippen MR) is 157 cm³/mol. The van der Waals surface area contributed by atoms with Gasteiger partial charge in [-0.05, 0) is 60.2 Å². The Hall–Kier alpha value is -1.37. The van der Waals surface area contributed by atoms with Crippen molar-refractivity contribution in [3.05, 3.63) is 24.3 Å². The molecule has 2 amide bonds. The molecule has 7 heteroatoms. The van der Waals surface area contributed by atoms with Crippen molar-refractivity contribution in [1.29, 1.82) is 0 Å². The van der Waals surface area contributed by atoms with Crippen molar-refractivity contribution in [2.75, 3.05) is 54.4 Å². The van der Waals surface area contributed by atoms with Crippen LogP contribution in [0.25, 0.3) is 0 Å². The summed E-state index contributed by atoms with van der Waals surface area (Å²) < 4.78 is 0.649. The van der Waals surface area contributed by atoms with Crippen LogP contribution >= 0.6 is 0 Å². The molecule has 220 valence electrons. The maximum atomic E-state index is 12.4. The van der Waals surface area contributed by atoms with Crippen LogP contribution in [0.5, 0.6) is 0 Å². The fourth-order valence-electron chi connectivity index (χ4n) is 3.91. The molecule has 0 aliphatic carbocycles. The number of hydrogen-bond donors (Lipinski definition) is 1. The summed E-state index contributed by atoms with van der Waals surface area (Å²) in [5, 5.41) is 4.74. The molecule has 0 saturated heterocycles. The molecule has 0 radical (unpaired) electrons. The molecule has 0 spiro atoms. The number of rotatable bonds is 20. The van der Waals surface area contributed by atoms with E-state index in [-0.39, 0.29) is 24.2 Å². The minimum absolute atomic E-state index is 0. The minimum atomic E-state index is -0.0474. The van der Waals surface area contributed by atoms with Crippen molar-refractivity contribution in [1.82, 2.24) is 15.2 Å². The number of amides is 2. The first-order valence-electron chi connectivity index (χ1n) is 14.3. The van der Waals surface area contributed by atoms with Crippen LogP contribution in [0.4, 0.5) is 0 Å². The van der Waals surface area contributed by atoms with Crippen LogP contribution in [-0.4, -0.2) is 80.7 Å². The average Bonchev–Trinajstić information content (AvgIpc) is 2.80. The Morgan fingerprint density at radius 3 is 1.62 bits per heavy atom. The van der Waals surface area contributed by atoms with E-state index >= 15 is 0 Å². The van der Waals surface area contributed by atoms with E-state index in [0.29, 0.717) is 15.7 Å². The van der Waals surface area contributed by atoms with Crippen molar-refractivity contribution >= 4 is 11.8 Å². The highest BCUT2D eigenvalue weighted by Crippen LogP contribution is 2.15. The largest absolute Gasteiger partial charge is 1.00 e. The van der Waals surface area contributed by atoms with E-state index in [1.165, 1.54) is 64.2 Å². The Bertz CT molecular complexity index is 621. The zero-order valence-corrected chi connectivity index (χ0v) is 26.5. The van der Waals surface area contributed by atoms with Crippen molar-refractivity contribution in [2.45, 2.75) is 105 Å². The van der Waals surface area contributed by atoms with Crippen molar-refractivity contribution < 1.29 is 26.6 Å². The molecule has 0 aliphatic rings. The second kappa shape index (κ2) is 24.9. The molecule has 0 aliphatic heterocycles. The first kappa shape index (κ1) is 40.1. The third kappa shape index (κ3) is 23.5. The molecule has 0 atom stereocenters. The molecule has 0 aromatic carbocycles. The highest BCUT2D eigenvalue weighted by atomic mass is 35.5. The molecule has 0 fully saturated rings. The highest BCUT2D eigenvalue weighted by molar-refractivity contribution is 5.92. The fraction of sp³-hybridized carbons (Fsp3) is 0.800. The third-order valence-corrected chi connectivity index (χ3v) is 6.20. The zero-order valence-electron chi connectivity index (χ0n) is 25.8. The van der Waals surface area contributed by atoms with Gasteiger partial charge in [-0.1, -0.05) is 78.4 Å². The van der Waals surface area contributed by atoms with E-state index < -0.39 is 0 Å². The number of nitrogens with one attached hydrogen (secondary N) is 1. The number of hydrogen-bond acceptors (Lipinski definition) is 3. The number of carbonyl (C=O) groups excluding carboxylic acids is 2. The van der Waals surface area contributed by atoms with Crippen LogP contribution < -0.4 is 17.7 Å². The number of carbonyl (C=O) groups is 2. The second-order valence-corrected chi connectivity index (χ2v) is 10.9. The molecule has 0 saturated carbocycles. The van der Waals surface area contributed by atoms with E-state index in [4.69, 9.17) is 0 Å². The van der Waals surface area contributed by atoms with Gasteiger partial charge in [0.25, 0.3) is 5.91 Å². The van der Waals surface area contributed by atoms with Gasteiger partial charge < -0.3 is 22.6 Å². The normalized spacial score (nSPS) is 10.7. The second-order valence-electron chi connectivity index (χ2n) is 10.9. The standard InChI is InChI=1S/C21H43N2O.C9H18N2O.ClH/c1-7-9-10-11-12-13-14-15-16-17-19-23(5,6)22(18-8-2)21(24)20(3)4;1-8(2)9(12)10-6-5-7-11(3)4;/h3,7-19H2,1-2,4-6H3;1,5-7H2,2-4H3,(H,10,12);1H/q+1;;/p-1. The summed E-state index contributed by atoms with van der Waals surface area (Å²) in [6, 6.07) is 0. The third-order valence-electron chi connectivity index (χ3n) is 6.20. The first-order chi connectivity index (χ1) is 16.9. The summed E-state index contributed by atoms with van der Waals surface area (Å²) in [6.07, 6.45) is 15.4. The van der Waals surface area contributed by atoms with Gasteiger partial charge in [-0.3, -0.25) is 9.59 Å². The maximum absolute atomic E-state index is 12.4. The molecular formula is C30H61ClN4O2. The van der Waals surface area contributed by atoms with E-state index in [2.05, 4.69) is 51.3 Å². The van der Waals surface area contributed by atoms with Crippen molar-refractivity contribution in [3.63, 3.8) is 0 Å². The molecular weight excluding hydrogens is 484 g/mol. The van der Waals surface area contributed by atoms with Crippen LogP contribution in [0.3, 0.4) is 0 Å². The zero-order chi connectivity index (χ0) is 28.0. The Balaban J connectivity index is -0.000000751. The predicted octanol–water partition coefficient (Wildman–Crippen LogP) is 3.35. The van der Waals surface area contributed by atoms with Crippen molar-refractivity contribution in [3.8, 4) is 0 Å². The summed E-state index contributed by atoms with van der Waals surface area (Å²) in [5.41, 5.74) is 1.21. The van der Waals surface area contributed by atoms with Gasteiger partial charge in [0.15, 0.2) is 0 Å². The molecule has 1 N–H and O–H groups in total. The summed E-state index contributed by atoms with van der Waals surface area (Å²) in [6.45, 7) is 18.8. The van der Waals surface area contributed by atoms with Crippen LogP contribution in [0, 0.1) is 0 Å². The minimum Gasteiger partial charge on any atom is -1.00 e. The summed E-state index contributed by atoms with van der Waals surface area (Å²) in [5.74, 6) is 0.0442. The Morgan fingerprint density at radius 2 is 1.22 bits per heavy atom. The lowest BCUT2D eigenvalue weighted by Gasteiger charge is -2.39. The summed E-state index contributed by atoms with van der Waals surface area (Å²) >= 11 is 0. The molecule has 0 aromatic heterocycles. The van der Waals surface area contributed by atoms with Crippen LogP contribution in [0.2, 0.25) is 0 Å². The van der Waals surface area contributed by atoms with Gasteiger partial charge in [0.1, 0.15) is 6.54 Å². The lowest BCUT2D eigenvalue weighted by Crippen LogP contribution is -3.00. The Kier molecular flexibility index (Phi) is 27.0. The average molecular weight is 545 g/mol. The molecule has 37 heavy (non-hydrogen) atoms. The van der Waals surface area contributed by atoms with Gasteiger partial charge >= 0.3 is 0 Å². The van der Waals surface area contributed by atoms with Gasteiger partial charge in [-0.2, -0.15) is 5.01 Å². The fourth-order valence-corrected chi connectivity index (χ4v) is 3.91. The smallest absolute Gasteiger partial charge is 0.293 e. The van der Waals surface area contributed by atoms with Crippen molar-refractivity contribution in [2.24, 2.45) is 0 Å². The molecule has 0 bridgehead atoms. The first-order valence-corrected chi connectivity index (χ1v) is 14.3. The summed E-state index contributed by atoms with van der Waals surface area (Å²) in [4.78, 5) is 25.4. The van der Waals surface area contributed by atoms with Crippen LogP contribution in [0.1, 0.15) is 105 Å². The van der Waals surface area contributed by atoms with Crippen LogP contribution in [-0.2, 0) is 9.59 Å². The SMILES string of the molecule is C=C(C)C(=O)N(CCC)[N+](C)(C)CCCCCCCCCCCC.C=C(C)C(=O)NCCCN(C)C.[Cl-]. The molecule has 0 heterocycles. The van der Waals surface area contributed by atoms with E-state index in [1.807, 2.05) is 26.0 Å². The quantitative estimate of drug-likeness (QED) is 0.111. The van der Waals surface area contributed by atoms with E-state index in [1.54, 1.807) is 6.92 Å². The summed E-state index contributed by atoms with van der Waals surface area (Å²) in [7, 11) is 8.32. The Morgan fingerprint density at radius 1 is 0.730 bits per heavy atom. The number of unbranched alkanes of at least 4 members (excludes halogenated alkanes) is 9. The molecule has 0 unspecified atom stereocenters. The molecule has 0 rings (SSSR count). The van der Waals surface area contributed by atoms with Gasteiger partial charge in [0.2, 0.25) is 5.91 Å². The highest BCUT2D eigenvalue weighted by Gasteiger charge is 2.29. The van der Waals surface area contributed by atoms with Crippen LogP contribution in [0.15, 0.2) is 24.3 Å². The maximum Gasteiger partial charge on any atom is 0.293 e. The van der Waals surface area contributed by atoms with E-state index in [9.17, 15) is 9.59 Å². The monoisotopic (exact) mass is 544 g/mol. The number of nitrogens with zero attached hydrogens (tertiary/aromatic N) is 3. The lowest BCUT2D eigenvalue weighted by atomic mass is 10.1. The van der Waals surface area contributed by atoms with Gasteiger partial charge in [-0.25, -0.2) is 4.59 Å².